The molecule has 1 atom stereocenters. The van der Waals surface area contributed by atoms with Crippen LogP contribution in [0.15, 0.2) is 24.3 Å². The quantitative estimate of drug-likeness (QED) is 0.715. The Labute approximate surface area is 145 Å². The summed E-state index contributed by atoms with van der Waals surface area (Å²) in [5, 5.41) is 2.53. The number of thioether (sulfide) groups is 1. The van der Waals surface area contributed by atoms with Crippen LogP contribution in [0.1, 0.15) is 6.42 Å². The van der Waals surface area contributed by atoms with Crippen molar-refractivity contribution in [1.29, 1.82) is 0 Å². The highest BCUT2D eigenvalue weighted by Gasteiger charge is 2.28. The van der Waals surface area contributed by atoms with E-state index in [-0.39, 0.29) is 29.1 Å². The second kappa shape index (κ2) is 8.39. The molecule has 132 valence electrons. The number of anilines is 1. The van der Waals surface area contributed by atoms with Crippen LogP contribution in [0.5, 0.6) is 5.75 Å². The Bertz CT molecular complexity index is 686. The SMILES string of the molecule is COc1ccc(NC(=O)COC(=O)CS[C@H]2CCS(=O)(=O)C2)cc1. The molecule has 9 heteroatoms. The number of carbonyl (C=O) groups excluding carboxylic acids is 2. The lowest BCUT2D eigenvalue weighted by atomic mass is 10.3. The van der Waals surface area contributed by atoms with Gasteiger partial charge in [0.2, 0.25) is 0 Å². The van der Waals surface area contributed by atoms with Crippen molar-refractivity contribution < 1.29 is 27.5 Å². The number of ether oxygens (including phenoxy) is 2. The first-order valence-electron chi connectivity index (χ1n) is 7.29. The second-order valence-corrected chi connectivity index (χ2v) is 8.79. The fourth-order valence-corrected chi connectivity index (χ4v) is 5.58. The van der Waals surface area contributed by atoms with Gasteiger partial charge in [-0.3, -0.25) is 9.59 Å². The third kappa shape index (κ3) is 6.04. The Kier molecular flexibility index (Phi) is 6.50. The van der Waals surface area contributed by atoms with E-state index in [1.807, 2.05) is 0 Å². The zero-order chi connectivity index (χ0) is 17.6. The molecule has 0 aliphatic carbocycles. The van der Waals surface area contributed by atoms with E-state index in [4.69, 9.17) is 9.47 Å². The summed E-state index contributed by atoms with van der Waals surface area (Å²) in [5.74, 6) is 0.00427. The average Bonchev–Trinajstić information content (AvgIpc) is 2.91. The van der Waals surface area contributed by atoms with Crippen LogP contribution in [0.2, 0.25) is 0 Å². The van der Waals surface area contributed by atoms with Crippen molar-refractivity contribution in [2.45, 2.75) is 11.7 Å². The van der Waals surface area contributed by atoms with Gasteiger partial charge in [0, 0.05) is 10.9 Å². The fraction of sp³-hybridized carbons (Fsp3) is 0.467. The molecule has 0 aromatic heterocycles. The molecule has 24 heavy (non-hydrogen) atoms. The van der Waals surface area contributed by atoms with Gasteiger partial charge in [0.1, 0.15) is 5.75 Å². The highest BCUT2D eigenvalue weighted by Crippen LogP contribution is 2.24. The smallest absolute Gasteiger partial charge is 0.316 e. The van der Waals surface area contributed by atoms with E-state index in [2.05, 4.69) is 5.32 Å². The van der Waals surface area contributed by atoms with Gasteiger partial charge in [-0.1, -0.05) is 0 Å². The van der Waals surface area contributed by atoms with Gasteiger partial charge >= 0.3 is 5.97 Å². The molecule has 0 unspecified atom stereocenters. The van der Waals surface area contributed by atoms with E-state index in [9.17, 15) is 18.0 Å². The average molecular weight is 373 g/mol. The summed E-state index contributed by atoms with van der Waals surface area (Å²) in [6.45, 7) is -0.381. The Morgan fingerprint density at radius 1 is 1.29 bits per heavy atom. The van der Waals surface area contributed by atoms with E-state index in [0.29, 0.717) is 17.9 Å². The molecule has 1 aromatic rings. The molecule has 1 amide bonds. The first-order chi connectivity index (χ1) is 11.4. The van der Waals surface area contributed by atoms with Crippen LogP contribution in [0, 0.1) is 0 Å². The summed E-state index contributed by atoms with van der Waals surface area (Å²) in [6.07, 6.45) is 0.554. The van der Waals surface area contributed by atoms with E-state index in [0.717, 1.165) is 0 Å². The highest BCUT2D eigenvalue weighted by molar-refractivity contribution is 8.02. The van der Waals surface area contributed by atoms with Crippen molar-refractivity contribution in [2.75, 3.05) is 36.3 Å². The van der Waals surface area contributed by atoms with Crippen molar-refractivity contribution in [1.82, 2.24) is 0 Å². The van der Waals surface area contributed by atoms with E-state index in [1.165, 1.54) is 11.8 Å². The zero-order valence-corrected chi connectivity index (χ0v) is 14.8. The van der Waals surface area contributed by atoms with Crippen LogP contribution in [-0.2, 0) is 24.2 Å². The summed E-state index contributed by atoms with van der Waals surface area (Å²) >= 11 is 1.25. The van der Waals surface area contributed by atoms with Gasteiger partial charge in [0.05, 0.1) is 24.4 Å². The number of esters is 1. The van der Waals surface area contributed by atoms with Crippen molar-refractivity contribution in [3.05, 3.63) is 24.3 Å². The van der Waals surface area contributed by atoms with Crippen molar-refractivity contribution in [3.63, 3.8) is 0 Å². The van der Waals surface area contributed by atoms with Crippen LogP contribution < -0.4 is 10.1 Å². The first-order valence-corrected chi connectivity index (χ1v) is 10.2. The molecule has 1 aliphatic heterocycles. The van der Waals surface area contributed by atoms with Gasteiger partial charge in [-0.25, -0.2) is 8.42 Å². The number of sulfone groups is 1. The number of hydrogen-bond donors (Lipinski definition) is 1. The van der Waals surface area contributed by atoms with E-state index < -0.39 is 21.7 Å². The number of carbonyl (C=O) groups is 2. The Hall–Kier alpha value is -1.74. The molecule has 2 rings (SSSR count). The van der Waals surface area contributed by atoms with Gasteiger partial charge in [0.25, 0.3) is 5.91 Å². The van der Waals surface area contributed by atoms with Gasteiger partial charge in [0.15, 0.2) is 16.4 Å². The van der Waals surface area contributed by atoms with Gasteiger partial charge in [-0.2, -0.15) is 0 Å². The van der Waals surface area contributed by atoms with Gasteiger partial charge in [-0.15, -0.1) is 11.8 Å². The van der Waals surface area contributed by atoms with Crippen molar-refractivity contribution in [3.8, 4) is 5.75 Å². The molecule has 1 aliphatic rings. The molecule has 1 fully saturated rings. The maximum Gasteiger partial charge on any atom is 0.316 e. The molecule has 0 bridgehead atoms. The molecular formula is C15H19NO6S2. The number of methoxy groups -OCH3 is 1. The molecule has 7 nitrogen and oxygen atoms in total. The lowest BCUT2D eigenvalue weighted by molar-refractivity contribution is -0.144. The molecule has 0 saturated carbocycles. The number of benzene rings is 1. The van der Waals surface area contributed by atoms with E-state index >= 15 is 0 Å². The Morgan fingerprint density at radius 2 is 2.00 bits per heavy atom. The molecule has 1 saturated heterocycles. The van der Waals surface area contributed by atoms with E-state index in [1.54, 1.807) is 31.4 Å². The van der Waals surface area contributed by atoms with Crippen LogP contribution in [0.25, 0.3) is 0 Å². The topological polar surface area (TPSA) is 98.8 Å². The van der Waals surface area contributed by atoms with Crippen LogP contribution in [0.4, 0.5) is 5.69 Å². The van der Waals surface area contributed by atoms with Crippen LogP contribution in [-0.4, -0.2) is 56.5 Å². The Morgan fingerprint density at radius 3 is 2.58 bits per heavy atom. The summed E-state index contributed by atoms with van der Waals surface area (Å²) in [7, 11) is -1.41. The third-order valence-corrected chi connectivity index (χ3v) is 6.62. The Balaban J connectivity index is 1.66. The largest absolute Gasteiger partial charge is 0.497 e. The number of amides is 1. The zero-order valence-electron chi connectivity index (χ0n) is 13.2. The number of rotatable bonds is 7. The van der Waals surface area contributed by atoms with Crippen molar-refractivity contribution in [2.24, 2.45) is 0 Å². The standard InChI is InChI=1S/C15H19NO6S2/c1-21-12-4-2-11(3-5-12)16-14(17)8-22-15(18)9-23-13-6-7-24(19,20)10-13/h2-5,13H,6-10H2,1H3,(H,16,17)/t13-/m0/s1. The highest BCUT2D eigenvalue weighted by atomic mass is 32.2. The summed E-state index contributed by atoms with van der Waals surface area (Å²) in [5.41, 5.74) is 0.572. The molecular weight excluding hydrogens is 354 g/mol. The minimum atomic E-state index is -2.95. The first kappa shape index (κ1) is 18.6. The monoisotopic (exact) mass is 373 g/mol. The fourth-order valence-electron chi connectivity index (χ4n) is 2.14. The normalized spacial score (nSPS) is 18.8. The molecule has 0 radical (unpaired) electrons. The minimum Gasteiger partial charge on any atom is -0.497 e. The summed E-state index contributed by atoms with van der Waals surface area (Å²) in [6, 6.07) is 6.76. The third-order valence-electron chi connectivity index (χ3n) is 3.37. The molecule has 1 N–H and O–H groups in total. The lowest BCUT2D eigenvalue weighted by Gasteiger charge is -2.09. The van der Waals surface area contributed by atoms with Gasteiger partial charge < -0.3 is 14.8 Å². The molecule has 0 spiro atoms. The van der Waals surface area contributed by atoms with Crippen LogP contribution >= 0.6 is 11.8 Å². The molecule has 1 heterocycles. The number of nitrogens with one attached hydrogen (secondary N) is 1. The molecule has 1 aromatic carbocycles. The predicted molar refractivity (Wildman–Crippen MR) is 92.1 cm³/mol. The van der Waals surface area contributed by atoms with Crippen molar-refractivity contribution >= 4 is 39.2 Å². The maximum absolute atomic E-state index is 11.7. The van der Waals surface area contributed by atoms with Crippen LogP contribution in [0.3, 0.4) is 0 Å². The maximum atomic E-state index is 11.7. The minimum absolute atomic E-state index is 0.0377. The summed E-state index contributed by atoms with van der Waals surface area (Å²) < 4.78 is 32.5. The summed E-state index contributed by atoms with van der Waals surface area (Å²) in [4.78, 5) is 23.3. The second-order valence-electron chi connectivity index (χ2n) is 5.27. The van der Waals surface area contributed by atoms with Gasteiger partial charge in [-0.05, 0) is 30.7 Å². The lowest BCUT2D eigenvalue weighted by Crippen LogP contribution is -2.22. The predicted octanol–water partition coefficient (Wildman–Crippen LogP) is 1.10. The number of hydrogen-bond acceptors (Lipinski definition) is 7.